The Balaban J connectivity index is 1.64. The third-order valence-corrected chi connectivity index (χ3v) is 4.84. The second kappa shape index (κ2) is 7.63. The van der Waals surface area contributed by atoms with Crippen LogP contribution in [-0.2, 0) is 4.79 Å². The Labute approximate surface area is 152 Å². The molecule has 3 aromatic rings. The topological polar surface area (TPSA) is 59.2 Å². The van der Waals surface area contributed by atoms with E-state index < -0.39 is 0 Å². The number of amides is 1. The molecule has 0 spiro atoms. The Morgan fingerprint density at radius 2 is 1.83 bits per heavy atom. The fourth-order valence-corrected chi connectivity index (χ4v) is 3.16. The van der Waals surface area contributed by atoms with Crippen molar-refractivity contribution in [1.82, 2.24) is 10.2 Å². The summed E-state index contributed by atoms with van der Waals surface area (Å²) in [6.07, 6.45) is 0. The number of thioether (sulfide) groups is 1. The lowest BCUT2D eigenvalue weighted by Gasteiger charge is -2.16. The number of rotatable bonds is 5. The van der Waals surface area contributed by atoms with Crippen molar-refractivity contribution < 1.29 is 9.21 Å². The van der Waals surface area contributed by atoms with Crippen molar-refractivity contribution in [1.29, 1.82) is 0 Å². The molecule has 1 aromatic heterocycles. The molecule has 122 valence electrons. The predicted molar refractivity (Wildman–Crippen MR) is 98.0 cm³/mol. The summed E-state index contributed by atoms with van der Waals surface area (Å²) in [5.74, 6) is 0.615. The van der Waals surface area contributed by atoms with Gasteiger partial charge >= 0.3 is 0 Å². The van der Waals surface area contributed by atoms with Crippen LogP contribution in [0.5, 0.6) is 0 Å². The third kappa shape index (κ3) is 3.85. The molecular weight excluding hydrogens is 390 g/mol. The summed E-state index contributed by atoms with van der Waals surface area (Å²) in [6.45, 7) is 0. The van der Waals surface area contributed by atoms with Crippen molar-refractivity contribution in [3.63, 3.8) is 0 Å². The van der Waals surface area contributed by atoms with Gasteiger partial charge in [-0.3, -0.25) is 4.79 Å². The Hall–Kier alpha value is -2.12. The van der Waals surface area contributed by atoms with Crippen molar-refractivity contribution in [2.75, 3.05) is 17.7 Å². The Morgan fingerprint density at radius 3 is 2.58 bits per heavy atom. The molecule has 5 nitrogen and oxygen atoms in total. The smallest absolute Gasteiger partial charge is 0.277 e. The van der Waals surface area contributed by atoms with Crippen molar-refractivity contribution in [3.05, 3.63) is 59.1 Å². The van der Waals surface area contributed by atoms with E-state index in [1.54, 1.807) is 11.9 Å². The first-order valence-corrected chi connectivity index (χ1v) is 8.96. The molecule has 0 saturated carbocycles. The second-order valence-electron chi connectivity index (χ2n) is 4.93. The second-order valence-corrected chi connectivity index (χ2v) is 6.71. The van der Waals surface area contributed by atoms with E-state index >= 15 is 0 Å². The molecule has 0 aliphatic rings. The molecule has 0 N–H and O–H groups in total. The van der Waals surface area contributed by atoms with Crippen LogP contribution in [0.15, 0.2) is 68.7 Å². The number of aromatic nitrogens is 2. The summed E-state index contributed by atoms with van der Waals surface area (Å²) >= 11 is 4.68. The largest absolute Gasteiger partial charge is 0.411 e. The lowest BCUT2D eigenvalue weighted by Crippen LogP contribution is -2.27. The van der Waals surface area contributed by atoms with Crippen LogP contribution in [0.4, 0.5) is 5.69 Å². The van der Waals surface area contributed by atoms with E-state index in [9.17, 15) is 4.79 Å². The lowest BCUT2D eigenvalue weighted by molar-refractivity contribution is -0.115. The van der Waals surface area contributed by atoms with Crippen molar-refractivity contribution in [2.24, 2.45) is 0 Å². The fraction of sp³-hybridized carbons (Fsp3) is 0.118. The molecule has 1 heterocycles. The van der Waals surface area contributed by atoms with Gasteiger partial charge in [0, 0.05) is 17.2 Å². The Bertz CT molecular complexity index is 839. The van der Waals surface area contributed by atoms with E-state index in [0.29, 0.717) is 11.1 Å². The summed E-state index contributed by atoms with van der Waals surface area (Å²) in [6, 6.07) is 17.1. The minimum Gasteiger partial charge on any atom is -0.411 e. The summed E-state index contributed by atoms with van der Waals surface area (Å²) < 4.78 is 6.51. The highest BCUT2D eigenvalue weighted by Crippen LogP contribution is 2.29. The van der Waals surface area contributed by atoms with Gasteiger partial charge in [0.1, 0.15) is 0 Å². The zero-order valence-electron chi connectivity index (χ0n) is 12.8. The molecule has 0 bridgehead atoms. The average Bonchev–Trinajstić information content (AvgIpc) is 3.09. The highest BCUT2D eigenvalue weighted by molar-refractivity contribution is 9.10. The molecule has 0 aliphatic heterocycles. The van der Waals surface area contributed by atoms with Gasteiger partial charge in [-0.2, -0.15) is 0 Å². The quantitative estimate of drug-likeness (QED) is 0.595. The maximum absolute atomic E-state index is 12.3. The zero-order chi connectivity index (χ0) is 16.9. The van der Waals surface area contributed by atoms with Crippen LogP contribution in [-0.4, -0.2) is 28.9 Å². The molecular formula is C17H14BrN3O2S. The monoisotopic (exact) mass is 403 g/mol. The SMILES string of the molecule is CN(C(=O)CSc1nnc(-c2ccccc2Br)o1)c1ccccc1. The van der Waals surface area contributed by atoms with Crippen LogP contribution in [0.1, 0.15) is 0 Å². The van der Waals surface area contributed by atoms with Gasteiger partial charge in [0.2, 0.25) is 11.8 Å². The molecule has 0 unspecified atom stereocenters. The molecule has 7 heteroatoms. The normalized spacial score (nSPS) is 10.6. The predicted octanol–water partition coefficient (Wildman–Crippen LogP) is 4.25. The van der Waals surface area contributed by atoms with E-state index in [1.165, 1.54) is 11.8 Å². The number of carbonyl (C=O) groups is 1. The molecule has 0 radical (unpaired) electrons. The number of para-hydroxylation sites is 1. The minimum atomic E-state index is -0.0353. The number of carbonyl (C=O) groups excluding carboxylic acids is 1. The first-order valence-electron chi connectivity index (χ1n) is 7.18. The molecule has 24 heavy (non-hydrogen) atoms. The van der Waals surface area contributed by atoms with E-state index in [-0.39, 0.29) is 11.7 Å². The molecule has 0 saturated heterocycles. The van der Waals surface area contributed by atoms with Crippen LogP contribution in [0.2, 0.25) is 0 Å². The summed E-state index contributed by atoms with van der Waals surface area (Å²) in [5, 5.41) is 8.40. The summed E-state index contributed by atoms with van der Waals surface area (Å²) in [4.78, 5) is 13.9. The molecule has 0 fully saturated rings. The van der Waals surface area contributed by atoms with Crippen molar-refractivity contribution >= 4 is 39.3 Å². The Kier molecular flexibility index (Phi) is 5.32. The van der Waals surface area contributed by atoms with Crippen LogP contribution in [0.3, 0.4) is 0 Å². The average molecular weight is 404 g/mol. The zero-order valence-corrected chi connectivity index (χ0v) is 15.3. The van der Waals surface area contributed by atoms with E-state index in [0.717, 1.165) is 15.7 Å². The van der Waals surface area contributed by atoms with Gasteiger partial charge in [0.25, 0.3) is 5.22 Å². The van der Waals surface area contributed by atoms with E-state index in [1.807, 2.05) is 54.6 Å². The number of anilines is 1. The number of hydrogen-bond donors (Lipinski definition) is 0. The highest BCUT2D eigenvalue weighted by Gasteiger charge is 2.15. The fourth-order valence-electron chi connectivity index (χ4n) is 2.03. The minimum absolute atomic E-state index is 0.0353. The van der Waals surface area contributed by atoms with Crippen molar-refractivity contribution in [3.8, 4) is 11.5 Å². The lowest BCUT2D eigenvalue weighted by atomic mass is 10.2. The third-order valence-electron chi connectivity index (χ3n) is 3.35. The first kappa shape index (κ1) is 16.7. The maximum Gasteiger partial charge on any atom is 0.277 e. The molecule has 2 aromatic carbocycles. The van der Waals surface area contributed by atoms with Gasteiger partial charge in [-0.05, 0) is 40.2 Å². The number of nitrogens with zero attached hydrogens (tertiary/aromatic N) is 3. The standard InChI is InChI=1S/C17H14BrN3O2S/c1-21(12-7-3-2-4-8-12)15(22)11-24-17-20-19-16(23-17)13-9-5-6-10-14(13)18/h2-10H,11H2,1H3. The van der Waals surface area contributed by atoms with Crippen LogP contribution >= 0.6 is 27.7 Å². The Morgan fingerprint density at radius 1 is 1.12 bits per heavy atom. The molecule has 1 amide bonds. The van der Waals surface area contributed by atoms with Crippen LogP contribution < -0.4 is 4.90 Å². The van der Waals surface area contributed by atoms with Gasteiger partial charge < -0.3 is 9.32 Å². The first-order chi connectivity index (χ1) is 11.6. The molecule has 0 aliphatic carbocycles. The number of hydrogen-bond acceptors (Lipinski definition) is 5. The molecule has 0 atom stereocenters. The van der Waals surface area contributed by atoms with Crippen LogP contribution in [0.25, 0.3) is 11.5 Å². The van der Waals surface area contributed by atoms with Crippen molar-refractivity contribution in [2.45, 2.75) is 5.22 Å². The number of benzene rings is 2. The summed E-state index contributed by atoms with van der Waals surface area (Å²) in [7, 11) is 1.75. The number of halogens is 1. The highest BCUT2D eigenvalue weighted by atomic mass is 79.9. The van der Waals surface area contributed by atoms with Gasteiger partial charge in [-0.15, -0.1) is 10.2 Å². The van der Waals surface area contributed by atoms with Crippen LogP contribution in [0, 0.1) is 0 Å². The summed E-state index contributed by atoms with van der Waals surface area (Å²) in [5.41, 5.74) is 1.67. The van der Waals surface area contributed by atoms with Gasteiger partial charge in [0.05, 0.1) is 11.3 Å². The van der Waals surface area contributed by atoms with Gasteiger partial charge in [-0.25, -0.2) is 0 Å². The maximum atomic E-state index is 12.3. The molecule has 3 rings (SSSR count). The van der Waals surface area contributed by atoms with Gasteiger partial charge in [-0.1, -0.05) is 42.1 Å². The van der Waals surface area contributed by atoms with Gasteiger partial charge in [0.15, 0.2) is 0 Å². The van der Waals surface area contributed by atoms with E-state index in [4.69, 9.17) is 4.42 Å². The van der Waals surface area contributed by atoms with E-state index in [2.05, 4.69) is 26.1 Å².